The second-order valence-corrected chi connectivity index (χ2v) is 5.55. The van der Waals surface area contributed by atoms with Crippen molar-refractivity contribution < 1.29 is 38.8 Å². The molecule has 2 heterocycles. The lowest BCUT2D eigenvalue weighted by atomic mass is 10.1. The van der Waals surface area contributed by atoms with Crippen LogP contribution in [-0.2, 0) is 23.8 Å². The number of carbonyl (C=O) groups is 1. The number of aliphatic hydroxyl groups excluding tert-OH is 1. The third kappa shape index (κ3) is 5.19. The maximum Gasteiger partial charge on any atom is 0.508 e. The van der Waals surface area contributed by atoms with Gasteiger partial charge in [0.2, 0.25) is 0 Å². The van der Waals surface area contributed by atoms with E-state index in [4.69, 9.17) is 18.9 Å². The highest BCUT2D eigenvalue weighted by Crippen LogP contribution is 2.28. The van der Waals surface area contributed by atoms with Crippen molar-refractivity contribution in [3.05, 3.63) is 10.1 Å². The molecule has 1 unspecified atom stereocenters. The van der Waals surface area contributed by atoms with Crippen LogP contribution in [0.5, 0.6) is 0 Å². The van der Waals surface area contributed by atoms with Crippen molar-refractivity contribution >= 4 is 6.16 Å². The Kier molecular flexibility index (Phi) is 6.37. The summed E-state index contributed by atoms with van der Waals surface area (Å²) in [6, 6.07) is 0. The molecule has 23 heavy (non-hydrogen) atoms. The molecule has 2 rings (SSSR count). The summed E-state index contributed by atoms with van der Waals surface area (Å²) < 4.78 is 20.7. The summed E-state index contributed by atoms with van der Waals surface area (Å²) in [7, 11) is 0. The van der Waals surface area contributed by atoms with Gasteiger partial charge in [0.25, 0.3) is 5.09 Å². The van der Waals surface area contributed by atoms with Crippen molar-refractivity contribution in [3.63, 3.8) is 0 Å². The quantitative estimate of drug-likeness (QED) is 0.291. The first kappa shape index (κ1) is 17.7. The van der Waals surface area contributed by atoms with Crippen LogP contribution in [0, 0.1) is 10.1 Å². The Hall–Kier alpha value is -1.65. The molecule has 10 heteroatoms. The highest BCUT2D eigenvalue weighted by molar-refractivity contribution is 5.60. The zero-order valence-electron chi connectivity index (χ0n) is 12.8. The molecule has 0 saturated carbocycles. The van der Waals surface area contributed by atoms with Gasteiger partial charge in [0.1, 0.15) is 24.4 Å². The Bertz CT molecular complexity index is 418. The molecular formula is C13H21NO9. The number of aliphatic hydroxyl groups is 1. The molecule has 132 valence electrons. The molecule has 2 fully saturated rings. The SMILES string of the molecule is CC(CCCCOC(=O)O[C@@H]1CO[C@H]2[C@@H]1OC[C@H]2O)O[N+](=O)[O-]. The van der Waals surface area contributed by atoms with Crippen LogP contribution in [0.2, 0.25) is 0 Å². The zero-order valence-corrected chi connectivity index (χ0v) is 12.8. The Morgan fingerprint density at radius 1 is 1.35 bits per heavy atom. The normalized spacial score (nSPS) is 30.5. The number of fused-ring (bicyclic) bond motifs is 1. The molecule has 2 saturated heterocycles. The van der Waals surface area contributed by atoms with Gasteiger partial charge in [0.05, 0.1) is 19.8 Å². The van der Waals surface area contributed by atoms with Gasteiger partial charge in [-0.1, -0.05) is 0 Å². The molecule has 0 aromatic rings. The minimum Gasteiger partial charge on any atom is -0.434 e. The van der Waals surface area contributed by atoms with E-state index in [0.717, 1.165) is 0 Å². The lowest BCUT2D eigenvalue weighted by Crippen LogP contribution is -2.34. The van der Waals surface area contributed by atoms with E-state index in [2.05, 4.69) is 4.84 Å². The van der Waals surface area contributed by atoms with Crippen molar-refractivity contribution in [1.29, 1.82) is 0 Å². The van der Waals surface area contributed by atoms with Gasteiger partial charge in [-0.3, -0.25) is 0 Å². The third-order valence-corrected chi connectivity index (χ3v) is 3.72. The summed E-state index contributed by atoms with van der Waals surface area (Å²) >= 11 is 0. The van der Waals surface area contributed by atoms with Crippen molar-refractivity contribution in [1.82, 2.24) is 0 Å². The number of unbranched alkanes of at least 4 members (excludes halogenated alkanes) is 1. The molecule has 5 atom stereocenters. The van der Waals surface area contributed by atoms with E-state index < -0.39 is 41.8 Å². The van der Waals surface area contributed by atoms with Gasteiger partial charge >= 0.3 is 6.16 Å². The van der Waals surface area contributed by atoms with Crippen LogP contribution in [-0.4, -0.2) is 66.7 Å². The summed E-state index contributed by atoms with van der Waals surface area (Å²) in [5.74, 6) is 0. The van der Waals surface area contributed by atoms with E-state index >= 15 is 0 Å². The molecule has 2 aliphatic heterocycles. The highest BCUT2D eigenvalue weighted by Gasteiger charge is 2.49. The van der Waals surface area contributed by atoms with Crippen LogP contribution in [0.1, 0.15) is 26.2 Å². The summed E-state index contributed by atoms with van der Waals surface area (Å²) in [6.45, 7) is 2.07. The van der Waals surface area contributed by atoms with Gasteiger partial charge in [-0.25, -0.2) is 4.79 Å². The van der Waals surface area contributed by atoms with Crippen LogP contribution in [0.4, 0.5) is 4.79 Å². The van der Waals surface area contributed by atoms with Crippen LogP contribution in [0.3, 0.4) is 0 Å². The lowest BCUT2D eigenvalue weighted by Gasteiger charge is -2.16. The van der Waals surface area contributed by atoms with E-state index in [1.54, 1.807) is 6.92 Å². The second kappa shape index (κ2) is 8.27. The largest absolute Gasteiger partial charge is 0.508 e. The maximum atomic E-state index is 11.6. The highest BCUT2D eigenvalue weighted by atomic mass is 17.0. The van der Waals surface area contributed by atoms with E-state index in [-0.39, 0.29) is 19.8 Å². The molecule has 0 radical (unpaired) electrons. The summed E-state index contributed by atoms with van der Waals surface area (Å²) in [4.78, 5) is 26.0. The predicted octanol–water partition coefficient (Wildman–Crippen LogP) is 0.434. The molecule has 10 nitrogen and oxygen atoms in total. The number of nitrogens with zero attached hydrogens (tertiary/aromatic N) is 1. The Morgan fingerprint density at radius 2 is 2.09 bits per heavy atom. The standard InChI is InChI=1S/C13H21NO9/c1-8(23-14(17)18)4-2-3-5-19-13(16)22-10-7-21-11-9(15)6-20-12(10)11/h8-12,15H,2-7H2,1H3/t8?,9-,10-,11-,12-/m1/s1. The average Bonchev–Trinajstić information content (AvgIpc) is 3.02. The fourth-order valence-electron chi connectivity index (χ4n) is 2.59. The summed E-state index contributed by atoms with van der Waals surface area (Å²) in [5.41, 5.74) is 0. The molecular weight excluding hydrogens is 314 g/mol. The number of hydrogen-bond acceptors (Lipinski definition) is 9. The van der Waals surface area contributed by atoms with Gasteiger partial charge in [-0.15, -0.1) is 10.1 Å². The van der Waals surface area contributed by atoms with Crippen molar-refractivity contribution in [2.24, 2.45) is 0 Å². The smallest absolute Gasteiger partial charge is 0.434 e. The van der Waals surface area contributed by atoms with Gasteiger partial charge < -0.3 is 28.9 Å². The van der Waals surface area contributed by atoms with Crippen molar-refractivity contribution in [2.75, 3.05) is 19.8 Å². The predicted molar refractivity (Wildman–Crippen MR) is 73.1 cm³/mol. The van der Waals surface area contributed by atoms with Gasteiger partial charge in [0, 0.05) is 0 Å². The monoisotopic (exact) mass is 335 g/mol. The van der Waals surface area contributed by atoms with Gasteiger partial charge in [-0.2, -0.15) is 0 Å². The number of rotatable bonds is 8. The Labute approximate surface area is 132 Å². The minimum absolute atomic E-state index is 0.148. The molecule has 1 N–H and O–H groups in total. The Balaban J connectivity index is 1.55. The van der Waals surface area contributed by atoms with Gasteiger partial charge in [-0.05, 0) is 26.2 Å². The maximum absolute atomic E-state index is 11.6. The number of ether oxygens (including phenoxy) is 4. The Morgan fingerprint density at radius 3 is 2.83 bits per heavy atom. The van der Waals surface area contributed by atoms with E-state index in [1.807, 2.05) is 0 Å². The molecule has 2 aliphatic rings. The first-order valence-electron chi connectivity index (χ1n) is 7.53. The first-order chi connectivity index (χ1) is 11.0. The number of carbonyl (C=O) groups excluding carboxylic acids is 1. The van der Waals surface area contributed by atoms with Crippen LogP contribution in [0.15, 0.2) is 0 Å². The second-order valence-electron chi connectivity index (χ2n) is 5.55. The number of hydrogen-bond donors (Lipinski definition) is 1. The fraction of sp³-hybridized carbons (Fsp3) is 0.923. The molecule has 0 aliphatic carbocycles. The van der Waals surface area contributed by atoms with E-state index in [0.29, 0.717) is 19.3 Å². The summed E-state index contributed by atoms with van der Waals surface area (Å²) in [6.07, 6.45) is -1.86. The van der Waals surface area contributed by atoms with E-state index in [9.17, 15) is 20.0 Å². The molecule has 0 amide bonds. The molecule has 0 aromatic heterocycles. The van der Waals surface area contributed by atoms with Crippen LogP contribution in [0.25, 0.3) is 0 Å². The zero-order chi connectivity index (χ0) is 16.8. The van der Waals surface area contributed by atoms with Crippen molar-refractivity contribution in [2.45, 2.75) is 56.7 Å². The lowest BCUT2D eigenvalue weighted by molar-refractivity contribution is -0.767. The summed E-state index contributed by atoms with van der Waals surface area (Å²) in [5, 5.41) is 18.9. The van der Waals surface area contributed by atoms with Crippen LogP contribution >= 0.6 is 0 Å². The van der Waals surface area contributed by atoms with E-state index in [1.165, 1.54) is 0 Å². The van der Waals surface area contributed by atoms with Crippen LogP contribution < -0.4 is 0 Å². The van der Waals surface area contributed by atoms with Gasteiger partial charge in [0.15, 0.2) is 6.10 Å². The average molecular weight is 335 g/mol. The topological polar surface area (TPSA) is 127 Å². The third-order valence-electron chi connectivity index (χ3n) is 3.72. The fourth-order valence-corrected chi connectivity index (χ4v) is 2.59. The molecule has 0 spiro atoms. The molecule has 0 bridgehead atoms. The minimum atomic E-state index is -0.822. The van der Waals surface area contributed by atoms with Crippen molar-refractivity contribution in [3.8, 4) is 0 Å². The first-order valence-corrected chi connectivity index (χ1v) is 7.53. The molecule has 0 aromatic carbocycles.